The number of halogens is 1. The van der Waals surface area contributed by atoms with E-state index in [4.69, 9.17) is 17.0 Å². The summed E-state index contributed by atoms with van der Waals surface area (Å²) in [6.45, 7) is 9.38. The molecular weight excluding hydrogens is 172 g/mol. The van der Waals surface area contributed by atoms with Gasteiger partial charge in [0.05, 0.1) is 16.3 Å². The summed E-state index contributed by atoms with van der Waals surface area (Å²) in [5.74, 6) is 0. The quantitative estimate of drug-likeness (QED) is 0.523. The lowest BCUT2D eigenvalue weighted by molar-refractivity contribution is 0.815. The van der Waals surface area contributed by atoms with Gasteiger partial charge in [-0.25, -0.2) is 0 Å². The molecule has 3 heteroatoms. The van der Waals surface area contributed by atoms with Gasteiger partial charge in [-0.3, -0.25) is 4.99 Å². The average Bonchev–Trinajstić information content (AvgIpc) is 1.79. The highest BCUT2D eigenvalue weighted by Gasteiger charge is 2.23. The van der Waals surface area contributed by atoms with E-state index in [0.29, 0.717) is 11.4 Å². The normalized spacial score (nSPS) is 13.8. The van der Waals surface area contributed by atoms with E-state index < -0.39 is 4.87 Å². The first-order valence-corrected chi connectivity index (χ1v) is 4.45. The first kappa shape index (κ1) is 11.6. The molecule has 12 heavy (non-hydrogen) atoms. The largest absolute Gasteiger partial charge is 0.304 e. The van der Waals surface area contributed by atoms with Gasteiger partial charge in [-0.05, 0) is 34.6 Å². The van der Waals surface area contributed by atoms with Crippen LogP contribution in [0.5, 0.6) is 0 Å². The summed E-state index contributed by atoms with van der Waals surface area (Å²) in [6, 6.07) is 0.193. The predicted molar refractivity (Wildman–Crippen MR) is 55.9 cm³/mol. The maximum atomic E-state index is 7.49. The van der Waals surface area contributed by atoms with E-state index in [0.717, 1.165) is 0 Å². The summed E-state index contributed by atoms with van der Waals surface area (Å²) in [6.07, 6.45) is 0. The van der Waals surface area contributed by atoms with Gasteiger partial charge in [-0.1, -0.05) is 0 Å². The van der Waals surface area contributed by atoms with E-state index in [1.807, 2.05) is 27.7 Å². The lowest BCUT2D eigenvalue weighted by Gasteiger charge is -2.19. The first-order valence-electron chi connectivity index (χ1n) is 4.08. The fourth-order valence-electron chi connectivity index (χ4n) is 0.954. The van der Waals surface area contributed by atoms with Gasteiger partial charge >= 0.3 is 0 Å². The number of alkyl halides is 1. The zero-order valence-electron chi connectivity index (χ0n) is 8.40. The Kier molecular flexibility index (Phi) is 3.91. The highest BCUT2D eigenvalue weighted by Crippen LogP contribution is 2.16. The highest BCUT2D eigenvalue weighted by atomic mass is 35.5. The second-order valence-corrected chi connectivity index (χ2v) is 4.61. The van der Waals surface area contributed by atoms with Crippen LogP contribution in [0.2, 0.25) is 0 Å². The highest BCUT2D eigenvalue weighted by molar-refractivity contribution is 6.54. The van der Waals surface area contributed by atoms with Crippen LogP contribution in [0.25, 0.3) is 0 Å². The maximum absolute atomic E-state index is 7.49. The zero-order chi connectivity index (χ0) is 9.94. The molecule has 0 amide bonds. The molecule has 0 heterocycles. The van der Waals surface area contributed by atoms with E-state index in [1.54, 1.807) is 6.92 Å². The number of aliphatic imine (C=N–C) groups is 1. The minimum atomic E-state index is -0.532. The minimum Gasteiger partial charge on any atom is -0.304 e. The van der Waals surface area contributed by atoms with Gasteiger partial charge in [-0.15, -0.1) is 11.6 Å². The van der Waals surface area contributed by atoms with E-state index >= 15 is 0 Å². The Balaban J connectivity index is 4.81. The Morgan fingerprint density at radius 2 is 1.83 bits per heavy atom. The molecule has 0 rings (SSSR count). The first-order chi connectivity index (χ1) is 5.25. The summed E-state index contributed by atoms with van der Waals surface area (Å²) < 4.78 is 0. The van der Waals surface area contributed by atoms with Crippen LogP contribution in [-0.4, -0.2) is 22.3 Å². The fraction of sp³-hybridized carbons (Fsp3) is 0.778. The number of nitrogens with one attached hydrogen (secondary N) is 1. The summed E-state index contributed by atoms with van der Waals surface area (Å²) in [5.41, 5.74) is 1.13. The molecule has 0 aliphatic rings. The Labute approximate surface area is 79.5 Å². The van der Waals surface area contributed by atoms with Crippen molar-refractivity contribution in [2.75, 3.05) is 0 Å². The fourth-order valence-corrected chi connectivity index (χ4v) is 1.14. The molecule has 0 saturated carbocycles. The van der Waals surface area contributed by atoms with E-state index in [2.05, 4.69) is 4.99 Å². The number of rotatable bonds is 3. The summed E-state index contributed by atoms with van der Waals surface area (Å²) in [5, 5.41) is 7.49. The van der Waals surface area contributed by atoms with Crippen molar-refractivity contribution >= 4 is 23.0 Å². The van der Waals surface area contributed by atoms with Gasteiger partial charge in [0.2, 0.25) is 0 Å². The molecule has 0 aromatic carbocycles. The van der Waals surface area contributed by atoms with E-state index in [9.17, 15) is 0 Å². The number of hydrogen-bond acceptors (Lipinski definition) is 2. The standard InChI is InChI=1S/C9H17ClN2/c1-6(2)12-8(7(3)11)9(4,5)10/h6,11H,1-5H3. The molecule has 0 radical (unpaired) electrons. The van der Waals surface area contributed by atoms with Gasteiger partial charge in [0.25, 0.3) is 0 Å². The minimum absolute atomic E-state index is 0.193. The lowest BCUT2D eigenvalue weighted by Crippen LogP contribution is -2.31. The molecule has 0 spiro atoms. The molecule has 0 aliphatic heterocycles. The van der Waals surface area contributed by atoms with Gasteiger partial charge in [0.15, 0.2) is 0 Å². The molecule has 2 nitrogen and oxygen atoms in total. The van der Waals surface area contributed by atoms with Crippen LogP contribution < -0.4 is 0 Å². The van der Waals surface area contributed by atoms with Crippen molar-refractivity contribution in [1.82, 2.24) is 0 Å². The molecule has 1 N–H and O–H groups in total. The molecule has 0 saturated heterocycles. The van der Waals surface area contributed by atoms with Crippen molar-refractivity contribution in [3.8, 4) is 0 Å². The van der Waals surface area contributed by atoms with Gasteiger partial charge in [-0.2, -0.15) is 0 Å². The maximum Gasteiger partial charge on any atom is 0.0823 e. The Morgan fingerprint density at radius 1 is 1.42 bits per heavy atom. The summed E-state index contributed by atoms with van der Waals surface area (Å²) in [4.78, 5) is 3.78. The molecular formula is C9H17ClN2. The van der Waals surface area contributed by atoms with Gasteiger partial charge < -0.3 is 5.41 Å². The van der Waals surface area contributed by atoms with Crippen LogP contribution >= 0.6 is 11.6 Å². The SMILES string of the molecule is CC(=N)C(=NC(C)C)C(C)(C)Cl. The molecule has 70 valence electrons. The van der Waals surface area contributed by atoms with Gasteiger partial charge in [0, 0.05) is 6.04 Å². The number of nitrogens with zero attached hydrogens (tertiary/aromatic N) is 1. The van der Waals surface area contributed by atoms with E-state index in [-0.39, 0.29) is 6.04 Å². The van der Waals surface area contributed by atoms with Crippen LogP contribution in [0.1, 0.15) is 34.6 Å². The van der Waals surface area contributed by atoms with Crippen LogP contribution in [0, 0.1) is 5.41 Å². The second-order valence-electron chi connectivity index (χ2n) is 3.67. The Morgan fingerprint density at radius 3 is 1.92 bits per heavy atom. The molecule has 0 aliphatic carbocycles. The van der Waals surface area contributed by atoms with Crippen molar-refractivity contribution < 1.29 is 0 Å². The smallest absolute Gasteiger partial charge is 0.0823 e. The van der Waals surface area contributed by atoms with Crippen molar-refractivity contribution in [2.24, 2.45) is 4.99 Å². The van der Waals surface area contributed by atoms with Crippen molar-refractivity contribution in [3.63, 3.8) is 0 Å². The predicted octanol–water partition coefficient (Wildman–Crippen LogP) is 2.89. The number of hydrogen-bond donors (Lipinski definition) is 1. The lowest BCUT2D eigenvalue weighted by atomic mass is 10.0. The molecule has 0 bridgehead atoms. The Bertz CT molecular complexity index is 199. The van der Waals surface area contributed by atoms with Crippen LogP contribution in [0.4, 0.5) is 0 Å². The molecule has 0 aromatic rings. The van der Waals surface area contributed by atoms with Crippen LogP contribution in [0.3, 0.4) is 0 Å². The molecule has 0 fully saturated rings. The second kappa shape index (κ2) is 4.04. The summed E-state index contributed by atoms with van der Waals surface area (Å²) in [7, 11) is 0. The van der Waals surface area contributed by atoms with E-state index in [1.165, 1.54) is 0 Å². The molecule has 0 atom stereocenters. The van der Waals surface area contributed by atoms with Gasteiger partial charge in [0.1, 0.15) is 0 Å². The molecule has 0 unspecified atom stereocenters. The van der Waals surface area contributed by atoms with Crippen molar-refractivity contribution in [2.45, 2.75) is 45.5 Å². The average molecular weight is 189 g/mol. The monoisotopic (exact) mass is 188 g/mol. The third kappa shape index (κ3) is 3.86. The van der Waals surface area contributed by atoms with Crippen LogP contribution in [-0.2, 0) is 0 Å². The van der Waals surface area contributed by atoms with Crippen LogP contribution in [0.15, 0.2) is 4.99 Å². The topological polar surface area (TPSA) is 36.2 Å². The Hall–Kier alpha value is -0.370. The molecule has 0 aromatic heterocycles. The zero-order valence-corrected chi connectivity index (χ0v) is 9.16. The third-order valence-electron chi connectivity index (χ3n) is 1.31. The summed E-state index contributed by atoms with van der Waals surface area (Å²) >= 11 is 6.07. The van der Waals surface area contributed by atoms with Crippen molar-refractivity contribution in [1.29, 1.82) is 5.41 Å². The third-order valence-corrected chi connectivity index (χ3v) is 1.48. The van der Waals surface area contributed by atoms with Crippen molar-refractivity contribution in [3.05, 3.63) is 0 Å².